The number of allylic oxidation sites excluding steroid dienone is 2. The van der Waals surface area contributed by atoms with E-state index in [1.165, 1.54) is 12.8 Å². The van der Waals surface area contributed by atoms with Gasteiger partial charge in [-0.3, -0.25) is 0 Å². The predicted octanol–water partition coefficient (Wildman–Crippen LogP) is 1.97. The summed E-state index contributed by atoms with van der Waals surface area (Å²) in [6.07, 6.45) is 7.10. The van der Waals surface area contributed by atoms with Crippen LogP contribution in [0.4, 0.5) is 0 Å². The fraction of sp³-hybridized carbons (Fsp3) is 0.750. The molecular formula is C8H10. The number of hydrogen-bond donors (Lipinski definition) is 0. The summed E-state index contributed by atoms with van der Waals surface area (Å²) >= 11 is 0. The van der Waals surface area contributed by atoms with Crippen molar-refractivity contribution in [1.29, 1.82) is 0 Å². The first-order valence-electron chi connectivity index (χ1n) is 3.64. The molecule has 0 amide bonds. The van der Waals surface area contributed by atoms with Crippen LogP contribution in [0.25, 0.3) is 0 Å². The Morgan fingerprint density at radius 3 is 2.50 bits per heavy atom. The van der Waals surface area contributed by atoms with Crippen LogP contribution < -0.4 is 0 Å². The molecule has 0 heteroatoms. The van der Waals surface area contributed by atoms with Crippen molar-refractivity contribution in [1.82, 2.24) is 0 Å². The summed E-state index contributed by atoms with van der Waals surface area (Å²) in [7, 11) is 0. The molecule has 2 fully saturated rings. The van der Waals surface area contributed by atoms with Crippen molar-refractivity contribution in [2.75, 3.05) is 0 Å². The third-order valence-electron chi connectivity index (χ3n) is 3.20. The minimum Gasteiger partial charge on any atom is -0.0816 e. The Hall–Kier alpha value is -0.260. The van der Waals surface area contributed by atoms with Crippen LogP contribution in [0.1, 0.15) is 19.3 Å². The highest BCUT2D eigenvalue weighted by molar-refractivity contribution is 5.29. The number of rotatable bonds is 0. The lowest BCUT2D eigenvalue weighted by Crippen LogP contribution is -1.97. The zero-order valence-electron chi connectivity index (χ0n) is 4.93. The van der Waals surface area contributed by atoms with Gasteiger partial charge in [0.05, 0.1) is 0 Å². The van der Waals surface area contributed by atoms with Crippen LogP contribution in [0.5, 0.6) is 0 Å². The van der Waals surface area contributed by atoms with Crippen LogP contribution in [0, 0.1) is 17.8 Å². The van der Waals surface area contributed by atoms with Crippen LogP contribution in [-0.2, 0) is 0 Å². The molecule has 0 N–H and O–H groups in total. The van der Waals surface area contributed by atoms with Crippen molar-refractivity contribution < 1.29 is 0 Å². The highest BCUT2D eigenvalue weighted by atomic mass is 14.5. The summed E-state index contributed by atoms with van der Waals surface area (Å²) in [5.74, 6) is 3.25. The monoisotopic (exact) mass is 106 g/mol. The normalized spacial score (nSPS) is 56.0. The highest BCUT2D eigenvalue weighted by Crippen LogP contribution is 2.58. The van der Waals surface area contributed by atoms with E-state index in [9.17, 15) is 0 Å². The lowest BCUT2D eigenvalue weighted by molar-refractivity contribution is 0.494. The molecule has 0 heterocycles. The van der Waals surface area contributed by atoms with Gasteiger partial charge in [0.15, 0.2) is 0 Å². The van der Waals surface area contributed by atoms with E-state index in [1.807, 2.05) is 5.57 Å². The van der Waals surface area contributed by atoms with E-state index < -0.39 is 0 Å². The molecule has 8 heavy (non-hydrogen) atoms. The summed E-state index contributed by atoms with van der Waals surface area (Å²) in [6, 6.07) is 0. The Labute approximate surface area is 49.6 Å². The molecule has 0 nitrogen and oxygen atoms in total. The van der Waals surface area contributed by atoms with Gasteiger partial charge in [0, 0.05) is 0 Å². The van der Waals surface area contributed by atoms with E-state index in [2.05, 4.69) is 6.08 Å². The second kappa shape index (κ2) is 0.896. The smallest absolute Gasteiger partial charge is 0.0193 e. The van der Waals surface area contributed by atoms with Gasteiger partial charge in [-0.2, -0.15) is 0 Å². The van der Waals surface area contributed by atoms with E-state index in [4.69, 9.17) is 0 Å². The average molecular weight is 106 g/mol. The summed E-state index contributed by atoms with van der Waals surface area (Å²) in [5.41, 5.74) is 1.82. The van der Waals surface area contributed by atoms with E-state index in [-0.39, 0.29) is 0 Å². The first-order valence-corrected chi connectivity index (χ1v) is 3.64. The maximum absolute atomic E-state index is 2.54. The Morgan fingerprint density at radius 1 is 1.38 bits per heavy atom. The maximum Gasteiger partial charge on any atom is -0.0193 e. The lowest BCUT2D eigenvalue weighted by atomic mass is 9.99. The third-order valence-corrected chi connectivity index (χ3v) is 3.20. The minimum absolute atomic E-state index is 1.05. The van der Waals surface area contributed by atoms with E-state index >= 15 is 0 Å². The highest BCUT2D eigenvalue weighted by Gasteiger charge is 2.47. The lowest BCUT2D eigenvalue weighted by Gasteiger charge is -2.05. The molecule has 4 aliphatic carbocycles. The molecule has 0 aromatic carbocycles. The van der Waals surface area contributed by atoms with Crippen molar-refractivity contribution in [2.24, 2.45) is 17.8 Å². The minimum atomic E-state index is 1.05. The Kier molecular flexibility index (Phi) is 0.415. The predicted molar refractivity (Wildman–Crippen MR) is 32.4 cm³/mol. The quantitative estimate of drug-likeness (QED) is 0.414. The average Bonchev–Trinajstić information content (AvgIpc) is 2.21. The topological polar surface area (TPSA) is 0 Å². The van der Waals surface area contributed by atoms with E-state index in [1.54, 1.807) is 6.42 Å². The molecule has 0 saturated heterocycles. The zero-order valence-corrected chi connectivity index (χ0v) is 4.93. The van der Waals surface area contributed by atoms with Gasteiger partial charge in [-0.05, 0) is 37.0 Å². The molecule has 3 atom stereocenters. The molecule has 4 bridgehead atoms. The second-order valence-electron chi connectivity index (χ2n) is 3.54. The van der Waals surface area contributed by atoms with Gasteiger partial charge in [0.1, 0.15) is 0 Å². The van der Waals surface area contributed by atoms with Crippen LogP contribution in [0.15, 0.2) is 11.6 Å². The molecule has 0 spiro atoms. The first-order chi connectivity index (χ1) is 3.93. The fourth-order valence-corrected chi connectivity index (χ4v) is 2.85. The van der Waals surface area contributed by atoms with E-state index in [0.717, 1.165) is 17.8 Å². The number of hydrogen-bond acceptors (Lipinski definition) is 0. The van der Waals surface area contributed by atoms with Crippen LogP contribution in [0.3, 0.4) is 0 Å². The Morgan fingerprint density at radius 2 is 2.38 bits per heavy atom. The van der Waals surface area contributed by atoms with Gasteiger partial charge in [-0.15, -0.1) is 0 Å². The third kappa shape index (κ3) is 0.229. The van der Waals surface area contributed by atoms with Crippen molar-refractivity contribution in [3.8, 4) is 0 Å². The molecule has 4 aliphatic rings. The van der Waals surface area contributed by atoms with Crippen LogP contribution in [-0.4, -0.2) is 0 Å². The van der Waals surface area contributed by atoms with Gasteiger partial charge in [0.2, 0.25) is 0 Å². The molecule has 0 aromatic rings. The Bertz CT molecular complexity index is 167. The van der Waals surface area contributed by atoms with E-state index in [0.29, 0.717) is 0 Å². The van der Waals surface area contributed by atoms with Crippen molar-refractivity contribution in [3.05, 3.63) is 11.6 Å². The molecule has 42 valence electrons. The summed E-state index contributed by atoms with van der Waals surface area (Å²) in [6.45, 7) is 0. The van der Waals surface area contributed by atoms with Crippen molar-refractivity contribution >= 4 is 0 Å². The Balaban J connectivity index is 2.24. The van der Waals surface area contributed by atoms with Gasteiger partial charge in [0.25, 0.3) is 0 Å². The summed E-state index contributed by atoms with van der Waals surface area (Å²) < 4.78 is 0. The van der Waals surface area contributed by atoms with Gasteiger partial charge in [-0.25, -0.2) is 0 Å². The van der Waals surface area contributed by atoms with Crippen LogP contribution >= 0.6 is 0 Å². The van der Waals surface area contributed by atoms with Gasteiger partial charge in [-0.1, -0.05) is 11.6 Å². The van der Waals surface area contributed by atoms with Gasteiger partial charge < -0.3 is 0 Å². The standard InChI is InChI=1S/C8H10/c1-5-2-7-4-8(5)3-6(1)7/h1,5,7-8H,2-4H2. The molecule has 0 aromatic heterocycles. The molecule has 0 aliphatic heterocycles. The van der Waals surface area contributed by atoms with Crippen molar-refractivity contribution in [2.45, 2.75) is 19.3 Å². The first kappa shape index (κ1) is 3.71. The van der Waals surface area contributed by atoms with Crippen molar-refractivity contribution in [3.63, 3.8) is 0 Å². The molecular weight excluding hydrogens is 96.1 g/mol. The maximum atomic E-state index is 2.54. The zero-order chi connectivity index (χ0) is 5.14. The molecule has 0 radical (unpaired) electrons. The SMILES string of the molecule is C1=C2CC3CC2CC13. The molecule has 3 unspecified atom stereocenters. The van der Waals surface area contributed by atoms with Crippen LogP contribution in [0.2, 0.25) is 0 Å². The summed E-state index contributed by atoms with van der Waals surface area (Å²) in [4.78, 5) is 0. The second-order valence-corrected chi connectivity index (χ2v) is 3.54. The fourth-order valence-electron chi connectivity index (χ4n) is 2.85. The molecule has 2 saturated carbocycles. The molecule has 4 rings (SSSR count). The largest absolute Gasteiger partial charge is 0.0816 e. The van der Waals surface area contributed by atoms with Gasteiger partial charge >= 0.3 is 0 Å². The summed E-state index contributed by atoms with van der Waals surface area (Å²) in [5, 5.41) is 0.